The Morgan fingerprint density at radius 1 is 1.10 bits per heavy atom. The Bertz CT molecular complexity index is 566. The lowest BCUT2D eigenvalue weighted by molar-refractivity contribution is 0.0906. The SMILES string of the molecule is COCC(C)NC(=O)c1ccccc1-c1ccccc1. The topological polar surface area (TPSA) is 38.3 Å². The van der Waals surface area contributed by atoms with Crippen LogP contribution >= 0.6 is 0 Å². The van der Waals surface area contributed by atoms with Crippen molar-refractivity contribution in [3.05, 3.63) is 60.2 Å². The summed E-state index contributed by atoms with van der Waals surface area (Å²) in [6.07, 6.45) is 0. The van der Waals surface area contributed by atoms with Crippen molar-refractivity contribution < 1.29 is 9.53 Å². The van der Waals surface area contributed by atoms with E-state index in [1.807, 2.05) is 61.5 Å². The Morgan fingerprint density at radius 3 is 2.45 bits per heavy atom. The van der Waals surface area contributed by atoms with Gasteiger partial charge in [-0.1, -0.05) is 48.5 Å². The summed E-state index contributed by atoms with van der Waals surface area (Å²) in [4.78, 5) is 12.4. The molecule has 3 nitrogen and oxygen atoms in total. The van der Waals surface area contributed by atoms with Crippen LogP contribution < -0.4 is 5.32 Å². The Morgan fingerprint density at radius 2 is 1.75 bits per heavy atom. The van der Waals surface area contributed by atoms with Gasteiger partial charge in [-0.3, -0.25) is 4.79 Å². The van der Waals surface area contributed by atoms with Crippen LogP contribution in [-0.2, 0) is 4.74 Å². The molecule has 1 N–H and O–H groups in total. The molecule has 0 bridgehead atoms. The summed E-state index contributed by atoms with van der Waals surface area (Å²) < 4.78 is 5.04. The molecule has 0 spiro atoms. The molecule has 0 radical (unpaired) electrons. The molecular formula is C17H19NO2. The molecule has 104 valence electrons. The van der Waals surface area contributed by atoms with E-state index in [0.29, 0.717) is 12.2 Å². The van der Waals surface area contributed by atoms with Gasteiger partial charge in [-0.2, -0.15) is 0 Å². The summed E-state index contributed by atoms with van der Waals surface area (Å²) in [5.41, 5.74) is 2.66. The zero-order chi connectivity index (χ0) is 14.4. The van der Waals surface area contributed by atoms with Gasteiger partial charge < -0.3 is 10.1 Å². The number of carbonyl (C=O) groups is 1. The van der Waals surface area contributed by atoms with Gasteiger partial charge in [0.15, 0.2) is 0 Å². The van der Waals surface area contributed by atoms with Crippen molar-refractivity contribution in [2.24, 2.45) is 0 Å². The smallest absolute Gasteiger partial charge is 0.252 e. The first-order valence-corrected chi connectivity index (χ1v) is 6.66. The fourth-order valence-corrected chi connectivity index (χ4v) is 2.14. The van der Waals surface area contributed by atoms with Gasteiger partial charge in [0.2, 0.25) is 0 Å². The van der Waals surface area contributed by atoms with Crippen molar-refractivity contribution in [3.8, 4) is 11.1 Å². The summed E-state index contributed by atoms with van der Waals surface area (Å²) in [6, 6.07) is 17.5. The maximum absolute atomic E-state index is 12.4. The van der Waals surface area contributed by atoms with Crippen molar-refractivity contribution in [2.45, 2.75) is 13.0 Å². The molecule has 0 fully saturated rings. The minimum absolute atomic E-state index is 0.0173. The average molecular weight is 269 g/mol. The van der Waals surface area contributed by atoms with Crippen LogP contribution in [0, 0.1) is 0 Å². The predicted octanol–water partition coefficient (Wildman–Crippen LogP) is 3.12. The van der Waals surface area contributed by atoms with Gasteiger partial charge in [0.05, 0.1) is 6.61 Å². The number of ether oxygens (including phenoxy) is 1. The van der Waals surface area contributed by atoms with Crippen molar-refractivity contribution in [2.75, 3.05) is 13.7 Å². The normalized spacial score (nSPS) is 11.9. The zero-order valence-corrected chi connectivity index (χ0v) is 11.8. The summed E-state index contributed by atoms with van der Waals surface area (Å²) in [6.45, 7) is 2.42. The van der Waals surface area contributed by atoms with E-state index < -0.39 is 0 Å². The molecule has 0 aliphatic heterocycles. The molecule has 2 rings (SSSR count). The second kappa shape index (κ2) is 6.87. The molecule has 1 amide bonds. The van der Waals surface area contributed by atoms with E-state index in [-0.39, 0.29) is 11.9 Å². The molecule has 0 saturated carbocycles. The van der Waals surface area contributed by atoms with Gasteiger partial charge in [-0.05, 0) is 24.1 Å². The summed E-state index contributed by atoms with van der Waals surface area (Å²) >= 11 is 0. The van der Waals surface area contributed by atoms with E-state index in [0.717, 1.165) is 11.1 Å². The standard InChI is InChI=1S/C17H19NO2/c1-13(12-20-2)18-17(19)16-11-7-6-10-15(16)14-8-4-3-5-9-14/h3-11,13H,12H2,1-2H3,(H,18,19). The number of methoxy groups -OCH3 is 1. The number of nitrogens with one attached hydrogen (secondary N) is 1. The minimum Gasteiger partial charge on any atom is -0.383 e. The average Bonchev–Trinajstić information content (AvgIpc) is 2.48. The molecule has 0 heterocycles. The minimum atomic E-state index is -0.0750. The van der Waals surface area contributed by atoms with Crippen molar-refractivity contribution in [1.82, 2.24) is 5.32 Å². The number of amides is 1. The summed E-state index contributed by atoms with van der Waals surface area (Å²) in [7, 11) is 1.63. The largest absolute Gasteiger partial charge is 0.383 e. The van der Waals surface area contributed by atoms with Crippen LogP contribution in [-0.4, -0.2) is 25.7 Å². The van der Waals surface area contributed by atoms with Crippen LogP contribution in [0.3, 0.4) is 0 Å². The molecule has 1 atom stereocenters. The second-order valence-corrected chi connectivity index (χ2v) is 4.74. The first-order valence-electron chi connectivity index (χ1n) is 6.66. The summed E-state index contributed by atoms with van der Waals surface area (Å²) in [5, 5.41) is 2.94. The molecule has 3 heteroatoms. The van der Waals surface area contributed by atoms with E-state index in [1.54, 1.807) is 7.11 Å². The molecule has 0 aliphatic carbocycles. The molecular weight excluding hydrogens is 250 g/mol. The highest BCUT2D eigenvalue weighted by molar-refractivity contribution is 6.01. The van der Waals surface area contributed by atoms with Gasteiger partial charge in [-0.25, -0.2) is 0 Å². The molecule has 0 aliphatic rings. The lowest BCUT2D eigenvalue weighted by Crippen LogP contribution is -2.35. The lowest BCUT2D eigenvalue weighted by atomic mass is 9.99. The van der Waals surface area contributed by atoms with E-state index in [4.69, 9.17) is 4.74 Å². The quantitative estimate of drug-likeness (QED) is 0.905. The van der Waals surface area contributed by atoms with Crippen LogP contribution in [0.1, 0.15) is 17.3 Å². The highest BCUT2D eigenvalue weighted by atomic mass is 16.5. The van der Waals surface area contributed by atoms with E-state index in [1.165, 1.54) is 0 Å². The van der Waals surface area contributed by atoms with Crippen molar-refractivity contribution >= 4 is 5.91 Å². The zero-order valence-electron chi connectivity index (χ0n) is 11.8. The van der Waals surface area contributed by atoms with Crippen LogP contribution in [0.2, 0.25) is 0 Å². The van der Waals surface area contributed by atoms with Gasteiger partial charge in [-0.15, -0.1) is 0 Å². The van der Waals surface area contributed by atoms with Crippen LogP contribution in [0.15, 0.2) is 54.6 Å². The van der Waals surface area contributed by atoms with Gasteiger partial charge in [0.1, 0.15) is 0 Å². The number of hydrogen-bond acceptors (Lipinski definition) is 2. The van der Waals surface area contributed by atoms with Gasteiger partial charge in [0, 0.05) is 18.7 Å². The number of rotatable bonds is 5. The second-order valence-electron chi connectivity index (χ2n) is 4.74. The highest BCUT2D eigenvalue weighted by Crippen LogP contribution is 2.23. The number of hydrogen-bond donors (Lipinski definition) is 1. The van der Waals surface area contributed by atoms with Gasteiger partial charge >= 0.3 is 0 Å². The van der Waals surface area contributed by atoms with E-state index in [9.17, 15) is 4.79 Å². The Hall–Kier alpha value is -2.13. The first-order chi connectivity index (χ1) is 9.72. The predicted molar refractivity (Wildman–Crippen MR) is 80.7 cm³/mol. The highest BCUT2D eigenvalue weighted by Gasteiger charge is 2.14. The Labute approximate surface area is 119 Å². The fourth-order valence-electron chi connectivity index (χ4n) is 2.14. The molecule has 2 aromatic rings. The first kappa shape index (κ1) is 14.3. The molecule has 0 saturated heterocycles. The molecule has 1 unspecified atom stereocenters. The van der Waals surface area contributed by atoms with E-state index >= 15 is 0 Å². The Balaban J connectivity index is 2.26. The monoisotopic (exact) mass is 269 g/mol. The van der Waals surface area contributed by atoms with Crippen molar-refractivity contribution in [3.63, 3.8) is 0 Å². The van der Waals surface area contributed by atoms with E-state index in [2.05, 4.69) is 5.32 Å². The maximum atomic E-state index is 12.4. The third-order valence-corrected chi connectivity index (χ3v) is 3.05. The van der Waals surface area contributed by atoms with Crippen molar-refractivity contribution in [1.29, 1.82) is 0 Å². The molecule has 20 heavy (non-hydrogen) atoms. The van der Waals surface area contributed by atoms with Crippen LogP contribution in [0.25, 0.3) is 11.1 Å². The van der Waals surface area contributed by atoms with Gasteiger partial charge in [0.25, 0.3) is 5.91 Å². The maximum Gasteiger partial charge on any atom is 0.252 e. The van der Waals surface area contributed by atoms with Crippen LogP contribution in [0.4, 0.5) is 0 Å². The summed E-state index contributed by atoms with van der Waals surface area (Å²) in [5.74, 6) is -0.0750. The fraction of sp³-hybridized carbons (Fsp3) is 0.235. The third kappa shape index (κ3) is 3.45. The Kier molecular flexibility index (Phi) is 4.91. The number of benzene rings is 2. The molecule has 0 aromatic heterocycles. The third-order valence-electron chi connectivity index (χ3n) is 3.05. The molecule has 2 aromatic carbocycles. The number of carbonyl (C=O) groups excluding carboxylic acids is 1. The lowest BCUT2D eigenvalue weighted by Gasteiger charge is -2.15. The van der Waals surface area contributed by atoms with Crippen LogP contribution in [0.5, 0.6) is 0 Å².